The summed E-state index contributed by atoms with van der Waals surface area (Å²) >= 11 is 1.28. The summed E-state index contributed by atoms with van der Waals surface area (Å²) in [6, 6.07) is 8.18. The first-order valence-electron chi connectivity index (χ1n) is 7.11. The quantitative estimate of drug-likeness (QED) is 0.836. The van der Waals surface area contributed by atoms with E-state index in [2.05, 4.69) is 10.6 Å². The van der Waals surface area contributed by atoms with Crippen molar-refractivity contribution in [1.29, 1.82) is 0 Å². The molecule has 2 N–H and O–H groups in total. The van der Waals surface area contributed by atoms with E-state index in [1.165, 1.54) is 23.5 Å². The normalized spacial score (nSPS) is 11.1. The Bertz CT molecular complexity index is 682. The van der Waals surface area contributed by atoms with Crippen LogP contribution in [-0.2, 0) is 17.4 Å². The lowest BCUT2D eigenvalue weighted by Gasteiger charge is -2.08. The fourth-order valence-electron chi connectivity index (χ4n) is 1.92. The van der Waals surface area contributed by atoms with E-state index in [4.69, 9.17) is 0 Å². The van der Waals surface area contributed by atoms with Gasteiger partial charge in [0.15, 0.2) is 0 Å². The number of amides is 2. The van der Waals surface area contributed by atoms with Crippen LogP contribution in [0.15, 0.2) is 41.8 Å². The van der Waals surface area contributed by atoms with Crippen molar-refractivity contribution in [2.75, 3.05) is 13.1 Å². The van der Waals surface area contributed by atoms with Crippen LogP contribution in [0.4, 0.5) is 13.2 Å². The number of halogens is 3. The van der Waals surface area contributed by atoms with Crippen molar-refractivity contribution in [2.24, 2.45) is 0 Å². The summed E-state index contributed by atoms with van der Waals surface area (Å²) in [6.45, 7) is 0.128. The molecule has 0 bridgehead atoms. The van der Waals surface area contributed by atoms with Crippen LogP contribution in [0.1, 0.15) is 20.8 Å². The van der Waals surface area contributed by atoms with Crippen LogP contribution in [0.2, 0.25) is 0 Å². The van der Waals surface area contributed by atoms with E-state index in [1.54, 1.807) is 17.5 Å². The number of carbonyl (C=O) groups is 2. The van der Waals surface area contributed by atoms with Gasteiger partial charge in [-0.1, -0.05) is 18.2 Å². The number of thiophene rings is 1. The molecule has 0 fully saturated rings. The standard InChI is InChI=1S/C16H15F3N2O2S/c17-16(18,19)12-5-3-11(4-6-12)7-8-20-14(22)10-21-15(23)13-2-1-9-24-13/h1-6,9H,7-8,10H2,(H,20,22)(H,21,23). The van der Waals surface area contributed by atoms with Crippen molar-refractivity contribution in [3.8, 4) is 0 Å². The van der Waals surface area contributed by atoms with Crippen molar-refractivity contribution < 1.29 is 22.8 Å². The lowest BCUT2D eigenvalue weighted by Crippen LogP contribution is -2.37. The molecule has 0 aliphatic rings. The number of nitrogens with one attached hydrogen (secondary N) is 2. The van der Waals surface area contributed by atoms with Crippen molar-refractivity contribution >= 4 is 23.2 Å². The lowest BCUT2D eigenvalue weighted by atomic mass is 10.1. The highest BCUT2D eigenvalue weighted by Gasteiger charge is 2.29. The van der Waals surface area contributed by atoms with Crippen molar-refractivity contribution in [2.45, 2.75) is 12.6 Å². The van der Waals surface area contributed by atoms with Gasteiger partial charge in [0.25, 0.3) is 5.91 Å². The highest BCUT2D eigenvalue weighted by molar-refractivity contribution is 7.12. The zero-order chi connectivity index (χ0) is 17.6. The maximum atomic E-state index is 12.4. The largest absolute Gasteiger partial charge is 0.416 e. The van der Waals surface area contributed by atoms with Crippen molar-refractivity contribution in [3.63, 3.8) is 0 Å². The Morgan fingerprint density at radius 3 is 2.33 bits per heavy atom. The van der Waals surface area contributed by atoms with Gasteiger partial charge in [0.05, 0.1) is 17.0 Å². The molecule has 8 heteroatoms. The molecule has 0 radical (unpaired) electrons. The topological polar surface area (TPSA) is 58.2 Å². The molecular formula is C16H15F3N2O2S. The number of hydrogen-bond donors (Lipinski definition) is 2. The molecule has 0 spiro atoms. The van der Waals surface area contributed by atoms with E-state index in [1.807, 2.05) is 0 Å². The SMILES string of the molecule is O=C(CNC(=O)c1cccs1)NCCc1ccc(C(F)(F)F)cc1. The Morgan fingerprint density at radius 1 is 1.04 bits per heavy atom. The van der Waals surface area contributed by atoms with E-state index in [0.29, 0.717) is 16.9 Å². The summed E-state index contributed by atoms with van der Waals surface area (Å²) < 4.78 is 37.3. The Morgan fingerprint density at radius 2 is 1.75 bits per heavy atom. The molecule has 2 rings (SSSR count). The first-order chi connectivity index (χ1) is 11.4. The smallest absolute Gasteiger partial charge is 0.354 e. The Hall–Kier alpha value is -2.35. The first kappa shape index (κ1) is 18.0. The number of benzene rings is 1. The molecule has 4 nitrogen and oxygen atoms in total. The molecule has 128 valence electrons. The van der Waals surface area contributed by atoms with Gasteiger partial charge < -0.3 is 10.6 Å². The van der Waals surface area contributed by atoms with E-state index >= 15 is 0 Å². The molecule has 0 atom stereocenters. The Balaban J connectivity index is 1.70. The number of carbonyl (C=O) groups excluding carboxylic acids is 2. The monoisotopic (exact) mass is 356 g/mol. The highest BCUT2D eigenvalue weighted by Crippen LogP contribution is 2.29. The third-order valence-corrected chi connectivity index (χ3v) is 4.04. The van der Waals surface area contributed by atoms with E-state index in [9.17, 15) is 22.8 Å². The molecule has 2 aromatic rings. The molecule has 0 saturated heterocycles. The number of alkyl halides is 3. The number of hydrogen-bond acceptors (Lipinski definition) is 3. The molecule has 24 heavy (non-hydrogen) atoms. The Kier molecular flexibility index (Phi) is 5.97. The fraction of sp³-hybridized carbons (Fsp3) is 0.250. The lowest BCUT2D eigenvalue weighted by molar-refractivity contribution is -0.137. The molecule has 1 aromatic heterocycles. The van der Waals surface area contributed by atoms with Crippen LogP contribution >= 0.6 is 11.3 Å². The summed E-state index contributed by atoms with van der Waals surface area (Å²) in [7, 11) is 0. The predicted molar refractivity (Wildman–Crippen MR) is 84.8 cm³/mol. The molecular weight excluding hydrogens is 341 g/mol. The third kappa shape index (κ3) is 5.38. The summed E-state index contributed by atoms with van der Waals surface area (Å²) in [6.07, 6.45) is -3.95. The van der Waals surface area contributed by atoms with Gasteiger partial charge in [0.2, 0.25) is 5.91 Å². The summed E-state index contributed by atoms with van der Waals surface area (Å²) in [5.41, 5.74) is -0.0162. The van der Waals surface area contributed by atoms with Gasteiger partial charge in [-0.3, -0.25) is 9.59 Å². The van der Waals surface area contributed by atoms with Gasteiger partial charge in [-0.05, 0) is 35.6 Å². The molecule has 0 saturated carbocycles. The molecule has 1 heterocycles. The minimum atomic E-state index is -4.35. The molecule has 0 unspecified atom stereocenters. The first-order valence-corrected chi connectivity index (χ1v) is 7.99. The zero-order valence-electron chi connectivity index (χ0n) is 12.5. The highest BCUT2D eigenvalue weighted by atomic mass is 32.1. The second-order valence-electron chi connectivity index (χ2n) is 4.95. The molecule has 1 aromatic carbocycles. The summed E-state index contributed by atoms with van der Waals surface area (Å²) in [4.78, 5) is 23.8. The summed E-state index contributed by atoms with van der Waals surface area (Å²) in [5, 5.41) is 6.86. The molecule has 0 aliphatic heterocycles. The second kappa shape index (κ2) is 7.96. The number of rotatable bonds is 6. The zero-order valence-corrected chi connectivity index (χ0v) is 13.3. The van der Waals surface area contributed by atoms with Gasteiger partial charge in [-0.25, -0.2) is 0 Å². The van der Waals surface area contributed by atoms with Gasteiger partial charge in [-0.2, -0.15) is 13.2 Å². The van der Waals surface area contributed by atoms with Crippen LogP contribution in [0.5, 0.6) is 0 Å². The minimum Gasteiger partial charge on any atom is -0.354 e. The molecule has 2 amide bonds. The van der Waals surface area contributed by atoms with Crippen molar-refractivity contribution in [3.05, 3.63) is 57.8 Å². The predicted octanol–water partition coefficient (Wildman–Crippen LogP) is 2.86. The van der Waals surface area contributed by atoms with Crippen LogP contribution < -0.4 is 10.6 Å². The van der Waals surface area contributed by atoms with Crippen molar-refractivity contribution in [1.82, 2.24) is 10.6 Å². The van der Waals surface area contributed by atoms with E-state index in [0.717, 1.165) is 12.1 Å². The Labute approximate surface area is 140 Å². The van der Waals surface area contributed by atoms with E-state index in [-0.39, 0.29) is 24.9 Å². The van der Waals surface area contributed by atoms with Crippen LogP contribution in [0.3, 0.4) is 0 Å². The van der Waals surface area contributed by atoms with Crippen LogP contribution in [0.25, 0.3) is 0 Å². The van der Waals surface area contributed by atoms with Gasteiger partial charge in [0, 0.05) is 6.54 Å². The van der Waals surface area contributed by atoms with Gasteiger partial charge in [-0.15, -0.1) is 11.3 Å². The third-order valence-electron chi connectivity index (χ3n) is 3.17. The van der Waals surface area contributed by atoms with E-state index < -0.39 is 11.7 Å². The average molecular weight is 356 g/mol. The molecule has 0 aliphatic carbocycles. The van der Waals surface area contributed by atoms with Gasteiger partial charge >= 0.3 is 6.18 Å². The summed E-state index contributed by atoms with van der Waals surface area (Å²) in [5.74, 6) is -0.672. The van der Waals surface area contributed by atoms with Crippen LogP contribution in [0, 0.1) is 0 Å². The minimum absolute atomic E-state index is 0.149. The second-order valence-corrected chi connectivity index (χ2v) is 5.90. The van der Waals surface area contributed by atoms with Gasteiger partial charge in [0.1, 0.15) is 0 Å². The maximum Gasteiger partial charge on any atom is 0.416 e. The van der Waals surface area contributed by atoms with Crippen LogP contribution in [-0.4, -0.2) is 24.9 Å². The fourth-order valence-corrected chi connectivity index (χ4v) is 2.56. The average Bonchev–Trinajstić information content (AvgIpc) is 3.07. The maximum absolute atomic E-state index is 12.4.